The summed E-state index contributed by atoms with van der Waals surface area (Å²) in [5.74, 6) is 3.34. The molecular formula is C19H26OS. The van der Waals surface area contributed by atoms with E-state index in [4.69, 9.17) is 0 Å². The van der Waals surface area contributed by atoms with Gasteiger partial charge in [-0.3, -0.25) is 4.79 Å². The van der Waals surface area contributed by atoms with Crippen molar-refractivity contribution >= 4 is 17.5 Å². The Kier molecular flexibility index (Phi) is 5.40. The molecule has 0 bridgehead atoms. The van der Waals surface area contributed by atoms with Gasteiger partial charge in [0.05, 0.1) is 0 Å². The zero-order chi connectivity index (χ0) is 14.5. The predicted molar refractivity (Wildman–Crippen MR) is 89.6 cm³/mol. The Morgan fingerprint density at radius 3 is 2.48 bits per heavy atom. The van der Waals surface area contributed by atoms with E-state index < -0.39 is 0 Å². The lowest BCUT2D eigenvalue weighted by Gasteiger charge is -2.38. The maximum absolute atomic E-state index is 12.5. The van der Waals surface area contributed by atoms with Gasteiger partial charge < -0.3 is 0 Å². The van der Waals surface area contributed by atoms with Crippen LogP contribution in [0.1, 0.15) is 51.4 Å². The molecule has 2 aliphatic carbocycles. The molecule has 0 unspecified atom stereocenters. The van der Waals surface area contributed by atoms with Crippen LogP contribution in [0, 0.1) is 17.8 Å². The molecule has 0 aliphatic heterocycles. The predicted octanol–water partition coefficient (Wildman–Crippen LogP) is 5.34. The van der Waals surface area contributed by atoms with Gasteiger partial charge in [-0.1, -0.05) is 50.3 Å². The van der Waals surface area contributed by atoms with Crippen LogP contribution in [0.3, 0.4) is 0 Å². The lowest BCUT2D eigenvalue weighted by atomic mass is 9.68. The molecule has 0 N–H and O–H groups in total. The van der Waals surface area contributed by atoms with Gasteiger partial charge >= 0.3 is 0 Å². The first-order valence-corrected chi connectivity index (χ1v) is 9.54. The van der Waals surface area contributed by atoms with Crippen molar-refractivity contribution in [1.29, 1.82) is 0 Å². The number of thioether (sulfide) groups is 1. The molecule has 0 radical (unpaired) electrons. The minimum absolute atomic E-state index is 0.312. The minimum atomic E-state index is 0.312. The monoisotopic (exact) mass is 302 g/mol. The fraction of sp³-hybridized carbons (Fsp3) is 0.632. The second kappa shape index (κ2) is 7.49. The highest BCUT2D eigenvalue weighted by Gasteiger charge is 2.36. The van der Waals surface area contributed by atoms with Crippen molar-refractivity contribution in [2.75, 3.05) is 5.75 Å². The van der Waals surface area contributed by atoms with Crippen molar-refractivity contribution in [2.45, 2.75) is 56.3 Å². The van der Waals surface area contributed by atoms with E-state index in [2.05, 4.69) is 30.3 Å². The summed E-state index contributed by atoms with van der Waals surface area (Å²) in [7, 11) is 0. The highest BCUT2D eigenvalue weighted by atomic mass is 32.2. The van der Waals surface area contributed by atoms with Crippen LogP contribution < -0.4 is 0 Å². The van der Waals surface area contributed by atoms with E-state index >= 15 is 0 Å². The van der Waals surface area contributed by atoms with E-state index in [1.54, 1.807) is 0 Å². The van der Waals surface area contributed by atoms with Crippen LogP contribution in [0.4, 0.5) is 0 Å². The van der Waals surface area contributed by atoms with Crippen molar-refractivity contribution < 1.29 is 4.79 Å². The standard InChI is InChI=1S/C19H26OS/c20-19-13-7-12-17(15-8-3-1-4-9-15)18(19)14-21-16-10-5-2-6-11-16/h2,5-6,10-11,15,17-18H,1,3-4,7-9,12-14H2/t17-,18-/m1/s1. The molecule has 0 amide bonds. The second-order valence-corrected chi connectivity index (χ2v) is 7.74. The van der Waals surface area contributed by atoms with E-state index in [1.807, 2.05) is 11.8 Å². The molecule has 0 heterocycles. The number of carbonyl (C=O) groups excluding carboxylic acids is 1. The number of carbonyl (C=O) groups is 1. The van der Waals surface area contributed by atoms with E-state index in [9.17, 15) is 4.79 Å². The normalized spacial score (nSPS) is 27.7. The fourth-order valence-corrected chi connectivity index (χ4v) is 5.34. The third-order valence-electron chi connectivity index (χ3n) is 5.32. The van der Waals surface area contributed by atoms with E-state index in [-0.39, 0.29) is 0 Å². The second-order valence-electron chi connectivity index (χ2n) is 6.65. The Morgan fingerprint density at radius 1 is 0.952 bits per heavy atom. The fourth-order valence-electron chi connectivity index (χ4n) is 4.18. The molecule has 0 aromatic heterocycles. The van der Waals surface area contributed by atoms with Crippen molar-refractivity contribution in [3.05, 3.63) is 30.3 Å². The zero-order valence-corrected chi connectivity index (χ0v) is 13.6. The van der Waals surface area contributed by atoms with E-state index in [0.29, 0.717) is 17.6 Å². The lowest BCUT2D eigenvalue weighted by Crippen LogP contribution is -2.35. The number of Topliss-reactive ketones (excluding diaryl/α,β-unsaturated/α-hetero) is 1. The zero-order valence-electron chi connectivity index (χ0n) is 12.8. The average Bonchev–Trinajstić information content (AvgIpc) is 2.55. The summed E-state index contributed by atoms with van der Waals surface area (Å²) in [5.41, 5.74) is 0. The molecule has 2 atom stereocenters. The molecule has 2 heteroatoms. The Balaban J connectivity index is 1.64. The number of hydrogen-bond donors (Lipinski definition) is 0. The van der Waals surface area contributed by atoms with Gasteiger partial charge in [0.25, 0.3) is 0 Å². The Morgan fingerprint density at radius 2 is 1.71 bits per heavy atom. The molecule has 21 heavy (non-hydrogen) atoms. The summed E-state index contributed by atoms with van der Waals surface area (Å²) in [6.07, 6.45) is 10.1. The smallest absolute Gasteiger partial charge is 0.137 e. The van der Waals surface area contributed by atoms with Crippen LogP contribution in [-0.2, 0) is 4.79 Å². The Bertz CT molecular complexity index is 450. The summed E-state index contributed by atoms with van der Waals surface area (Å²) in [4.78, 5) is 13.8. The third-order valence-corrected chi connectivity index (χ3v) is 6.45. The quantitative estimate of drug-likeness (QED) is 0.698. The maximum atomic E-state index is 12.5. The lowest BCUT2D eigenvalue weighted by molar-refractivity contribution is -0.127. The van der Waals surface area contributed by atoms with Crippen LogP contribution in [0.25, 0.3) is 0 Å². The molecule has 2 aliphatic rings. The number of hydrogen-bond acceptors (Lipinski definition) is 2. The first-order chi connectivity index (χ1) is 10.3. The summed E-state index contributed by atoms with van der Waals surface area (Å²) >= 11 is 1.88. The topological polar surface area (TPSA) is 17.1 Å². The Hall–Kier alpha value is -0.760. The molecule has 3 rings (SSSR count). The number of ketones is 1. The van der Waals surface area contributed by atoms with Crippen LogP contribution in [0.2, 0.25) is 0 Å². The van der Waals surface area contributed by atoms with Gasteiger partial charge in [-0.05, 0) is 36.8 Å². The van der Waals surface area contributed by atoms with E-state index in [1.165, 1.54) is 43.4 Å². The number of rotatable bonds is 4. The molecule has 0 saturated heterocycles. The van der Waals surface area contributed by atoms with Crippen molar-refractivity contribution in [1.82, 2.24) is 0 Å². The molecule has 1 nitrogen and oxygen atoms in total. The molecule has 1 aromatic rings. The SMILES string of the molecule is O=C1CCC[C@H](C2CCCCC2)[C@H]1CSc1ccccc1. The summed E-state index contributed by atoms with van der Waals surface area (Å²) in [6, 6.07) is 10.6. The van der Waals surface area contributed by atoms with Gasteiger partial charge in [-0.2, -0.15) is 0 Å². The van der Waals surface area contributed by atoms with Crippen LogP contribution in [0.15, 0.2) is 35.2 Å². The van der Waals surface area contributed by atoms with Gasteiger partial charge in [0.1, 0.15) is 5.78 Å². The highest BCUT2D eigenvalue weighted by Crippen LogP contribution is 2.42. The first-order valence-electron chi connectivity index (χ1n) is 8.55. The summed E-state index contributed by atoms with van der Waals surface area (Å²) in [6.45, 7) is 0. The van der Waals surface area contributed by atoms with Crippen molar-refractivity contribution in [2.24, 2.45) is 17.8 Å². The maximum Gasteiger partial charge on any atom is 0.137 e. The molecular weight excluding hydrogens is 276 g/mol. The molecule has 114 valence electrons. The third kappa shape index (κ3) is 3.91. The Labute approximate surface area is 132 Å². The van der Waals surface area contributed by atoms with E-state index in [0.717, 1.165) is 24.5 Å². The van der Waals surface area contributed by atoms with Crippen LogP contribution in [0.5, 0.6) is 0 Å². The molecule has 1 aromatic carbocycles. The largest absolute Gasteiger partial charge is 0.299 e. The first kappa shape index (κ1) is 15.1. The van der Waals surface area contributed by atoms with Crippen molar-refractivity contribution in [3.8, 4) is 0 Å². The summed E-state index contributed by atoms with van der Waals surface area (Å²) in [5, 5.41) is 0. The van der Waals surface area contributed by atoms with Gasteiger partial charge in [-0.25, -0.2) is 0 Å². The highest BCUT2D eigenvalue weighted by molar-refractivity contribution is 7.99. The van der Waals surface area contributed by atoms with Gasteiger partial charge in [0.15, 0.2) is 0 Å². The van der Waals surface area contributed by atoms with Gasteiger partial charge in [-0.15, -0.1) is 11.8 Å². The average molecular weight is 302 g/mol. The van der Waals surface area contributed by atoms with Crippen molar-refractivity contribution in [3.63, 3.8) is 0 Å². The molecule has 2 saturated carbocycles. The summed E-state index contributed by atoms with van der Waals surface area (Å²) < 4.78 is 0. The van der Waals surface area contributed by atoms with Gasteiger partial charge in [0.2, 0.25) is 0 Å². The molecule has 2 fully saturated rings. The number of benzene rings is 1. The van der Waals surface area contributed by atoms with Crippen LogP contribution >= 0.6 is 11.8 Å². The molecule has 0 spiro atoms. The van der Waals surface area contributed by atoms with Gasteiger partial charge in [0, 0.05) is 23.0 Å². The van der Waals surface area contributed by atoms with Crippen LogP contribution in [-0.4, -0.2) is 11.5 Å². The minimum Gasteiger partial charge on any atom is -0.299 e.